The van der Waals surface area contributed by atoms with Crippen LogP contribution in [0.4, 0.5) is 0 Å². The van der Waals surface area contributed by atoms with Crippen molar-refractivity contribution in [2.75, 3.05) is 14.1 Å². The molecule has 1 rings (SSSR count). The van der Waals surface area contributed by atoms with Crippen molar-refractivity contribution in [3.63, 3.8) is 0 Å². The van der Waals surface area contributed by atoms with E-state index >= 15 is 0 Å². The molecule has 0 bridgehead atoms. The van der Waals surface area contributed by atoms with Gasteiger partial charge in [-0.05, 0) is 25.3 Å². The topological polar surface area (TPSA) is 36.4 Å². The summed E-state index contributed by atoms with van der Waals surface area (Å²) in [7, 11) is 3.65. The fourth-order valence-electron chi connectivity index (χ4n) is 1.58. The van der Waals surface area contributed by atoms with Crippen molar-refractivity contribution in [3.8, 4) is 0 Å². The lowest BCUT2D eigenvalue weighted by Crippen LogP contribution is -2.40. The van der Waals surface area contributed by atoms with E-state index in [1.807, 2.05) is 13.1 Å². The molecule has 1 aromatic rings. The first-order chi connectivity index (χ1) is 7.76. The summed E-state index contributed by atoms with van der Waals surface area (Å²) in [4.78, 5) is 4.10. The third-order valence-electron chi connectivity index (χ3n) is 2.55. The minimum atomic E-state index is 0.423. The van der Waals surface area contributed by atoms with Crippen molar-refractivity contribution in [2.45, 2.75) is 25.8 Å². The predicted molar refractivity (Wildman–Crippen MR) is 69.8 cm³/mol. The van der Waals surface area contributed by atoms with Gasteiger partial charge in [-0.3, -0.25) is 4.99 Å². The van der Waals surface area contributed by atoms with Gasteiger partial charge >= 0.3 is 0 Å². The molecule has 0 aromatic heterocycles. The monoisotopic (exact) mass is 219 g/mol. The number of aryl methyl sites for hydroxylation is 1. The Labute approximate surface area is 98.0 Å². The van der Waals surface area contributed by atoms with Crippen molar-refractivity contribution in [2.24, 2.45) is 4.99 Å². The standard InChI is InChI=1S/C13H21N3/c1-11(16-13(14-2)15-3)9-10-12-7-5-4-6-8-12/h4-8,11H,9-10H2,1-3H3,(H2,14,15,16). The normalized spacial score (nSPS) is 13.3. The maximum atomic E-state index is 4.10. The Bertz CT molecular complexity index is 319. The van der Waals surface area contributed by atoms with Gasteiger partial charge < -0.3 is 10.6 Å². The number of nitrogens with zero attached hydrogens (tertiary/aromatic N) is 1. The minimum absolute atomic E-state index is 0.423. The molecule has 3 nitrogen and oxygen atoms in total. The fourth-order valence-corrected chi connectivity index (χ4v) is 1.58. The number of rotatable bonds is 4. The van der Waals surface area contributed by atoms with Crippen LogP contribution in [0, 0.1) is 0 Å². The molecule has 0 aliphatic carbocycles. The van der Waals surface area contributed by atoms with Crippen LogP contribution >= 0.6 is 0 Å². The Hall–Kier alpha value is -1.51. The Morgan fingerprint density at radius 1 is 1.31 bits per heavy atom. The second kappa shape index (κ2) is 6.88. The number of aliphatic imine (C=N–C) groups is 1. The highest BCUT2D eigenvalue weighted by atomic mass is 15.2. The molecule has 88 valence electrons. The van der Waals surface area contributed by atoms with Crippen LogP contribution in [0.3, 0.4) is 0 Å². The van der Waals surface area contributed by atoms with Crippen molar-refractivity contribution in [1.82, 2.24) is 10.6 Å². The Morgan fingerprint density at radius 2 is 2.00 bits per heavy atom. The summed E-state index contributed by atoms with van der Waals surface area (Å²) in [6, 6.07) is 11.0. The Morgan fingerprint density at radius 3 is 2.56 bits per heavy atom. The number of guanidine groups is 1. The molecular formula is C13H21N3. The average Bonchev–Trinajstić information content (AvgIpc) is 2.34. The van der Waals surface area contributed by atoms with E-state index in [2.05, 4.69) is 46.8 Å². The van der Waals surface area contributed by atoms with Crippen LogP contribution in [0.25, 0.3) is 0 Å². The van der Waals surface area contributed by atoms with E-state index in [0.29, 0.717) is 6.04 Å². The molecule has 0 heterocycles. The van der Waals surface area contributed by atoms with Crippen LogP contribution in [-0.4, -0.2) is 26.1 Å². The Kier molecular flexibility index (Phi) is 5.40. The van der Waals surface area contributed by atoms with Gasteiger partial charge in [-0.15, -0.1) is 0 Å². The zero-order valence-corrected chi connectivity index (χ0v) is 10.3. The van der Waals surface area contributed by atoms with Gasteiger partial charge in [-0.2, -0.15) is 0 Å². The van der Waals surface area contributed by atoms with Crippen LogP contribution < -0.4 is 10.6 Å². The second-order valence-electron chi connectivity index (χ2n) is 3.89. The summed E-state index contributed by atoms with van der Waals surface area (Å²) in [5.74, 6) is 0.848. The van der Waals surface area contributed by atoms with Crippen LogP contribution in [0.2, 0.25) is 0 Å². The summed E-state index contributed by atoms with van der Waals surface area (Å²) in [5.41, 5.74) is 1.38. The smallest absolute Gasteiger partial charge is 0.190 e. The lowest BCUT2D eigenvalue weighted by atomic mass is 10.1. The maximum absolute atomic E-state index is 4.10. The molecule has 1 unspecified atom stereocenters. The van der Waals surface area contributed by atoms with Crippen LogP contribution in [0.15, 0.2) is 35.3 Å². The summed E-state index contributed by atoms with van der Waals surface area (Å²) < 4.78 is 0. The Balaban J connectivity index is 2.33. The highest BCUT2D eigenvalue weighted by Gasteiger charge is 2.03. The molecule has 1 atom stereocenters. The van der Waals surface area contributed by atoms with Crippen molar-refractivity contribution in [3.05, 3.63) is 35.9 Å². The van der Waals surface area contributed by atoms with Gasteiger partial charge in [0.05, 0.1) is 0 Å². The van der Waals surface area contributed by atoms with Gasteiger partial charge in [-0.25, -0.2) is 0 Å². The van der Waals surface area contributed by atoms with Gasteiger partial charge in [0.2, 0.25) is 0 Å². The molecule has 0 aliphatic heterocycles. The molecule has 3 heteroatoms. The number of benzene rings is 1. The molecule has 2 N–H and O–H groups in total. The van der Waals surface area contributed by atoms with E-state index in [9.17, 15) is 0 Å². The average molecular weight is 219 g/mol. The number of hydrogen-bond donors (Lipinski definition) is 2. The van der Waals surface area contributed by atoms with Crippen molar-refractivity contribution in [1.29, 1.82) is 0 Å². The van der Waals surface area contributed by atoms with Crippen LogP contribution in [0.1, 0.15) is 18.9 Å². The minimum Gasteiger partial charge on any atom is -0.359 e. The highest BCUT2D eigenvalue weighted by molar-refractivity contribution is 5.79. The van der Waals surface area contributed by atoms with Crippen molar-refractivity contribution < 1.29 is 0 Å². The molecule has 1 aromatic carbocycles. The number of nitrogens with one attached hydrogen (secondary N) is 2. The largest absolute Gasteiger partial charge is 0.359 e. The molecule has 0 fully saturated rings. The fraction of sp³-hybridized carbons (Fsp3) is 0.462. The summed E-state index contributed by atoms with van der Waals surface area (Å²) in [5, 5.41) is 6.35. The summed E-state index contributed by atoms with van der Waals surface area (Å²) >= 11 is 0. The first kappa shape index (κ1) is 12.6. The predicted octanol–water partition coefficient (Wildman–Crippen LogP) is 1.80. The van der Waals surface area contributed by atoms with E-state index in [0.717, 1.165) is 18.8 Å². The van der Waals surface area contributed by atoms with Gasteiger partial charge in [0.25, 0.3) is 0 Å². The molecule has 0 radical (unpaired) electrons. The first-order valence-corrected chi connectivity index (χ1v) is 5.71. The number of hydrogen-bond acceptors (Lipinski definition) is 1. The molecule has 0 amide bonds. The quantitative estimate of drug-likeness (QED) is 0.598. The summed E-state index contributed by atoms with van der Waals surface area (Å²) in [6.07, 6.45) is 2.19. The first-order valence-electron chi connectivity index (χ1n) is 5.71. The van der Waals surface area contributed by atoms with E-state index in [1.54, 1.807) is 7.05 Å². The lowest BCUT2D eigenvalue weighted by Gasteiger charge is -2.16. The highest BCUT2D eigenvalue weighted by Crippen LogP contribution is 2.04. The SMILES string of the molecule is CN=C(NC)NC(C)CCc1ccccc1. The molecule has 0 saturated carbocycles. The molecule has 0 saturated heterocycles. The van der Waals surface area contributed by atoms with Gasteiger partial charge in [0.15, 0.2) is 5.96 Å². The summed E-state index contributed by atoms with van der Waals surface area (Å²) in [6.45, 7) is 2.17. The van der Waals surface area contributed by atoms with Crippen LogP contribution in [0.5, 0.6) is 0 Å². The third kappa shape index (κ3) is 4.34. The molecule has 0 aliphatic rings. The van der Waals surface area contributed by atoms with E-state index in [4.69, 9.17) is 0 Å². The van der Waals surface area contributed by atoms with E-state index < -0.39 is 0 Å². The van der Waals surface area contributed by atoms with Gasteiger partial charge in [0.1, 0.15) is 0 Å². The molecular weight excluding hydrogens is 198 g/mol. The van der Waals surface area contributed by atoms with Crippen LogP contribution in [-0.2, 0) is 6.42 Å². The van der Waals surface area contributed by atoms with Crippen molar-refractivity contribution >= 4 is 5.96 Å². The molecule has 0 spiro atoms. The lowest BCUT2D eigenvalue weighted by molar-refractivity contribution is 0.598. The van der Waals surface area contributed by atoms with E-state index in [-0.39, 0.29) is 0 Å². The zero-order valence-electron chi connectivity index (χ0n) is 10.3. The van der Waals surface area contributed by atoms with Gasteiger partial charge in [0, 0.05) is 20.1 Å². The maximum Gasteiger partial charge on any atom is 0.190 e. The zero-order chi connectivity index (χ0) is 11.8. The van der Waals surface area contributed by atoms with E-state index in [1.165, 1.54) is 5.56 Å². The van der Waals surface area contributed by atoms with Gasteiger partial charge in [-0.1, -0.05) is 30.3 Å². The molecule has 16 heavy (non-hydrogen) atoms. The second-order valence-corrected chi connectivity index (χ2v) is 3.89. The third-order valence-corrected chi connectivity index (χ3v) is 2.55.